The van der Waals surface area contributed by atoms with Crippen LogP contribution in [0.5, 0.6) is 0 Å². The van der Waals surface area contributed by atoms with Crippen molar-refractivity contribution in [1.82, 2.24) is 0 Å². The summed E-state index contributed by atoms with van der Waals surface area (Å²) in [4.78, 5) is 46.0. The van der Waals surface area contributed by atoms with Crippen molar-refractivity contribution in [3.8, 4) is 0 Å². The van der Waals surface area contributed by atoms with Crippen molar-refractivity contribution >= 4 is 25.7 Å². The van der Waals surface area contributed by atoms with E-state index in [-0.39, 0.29) is 19.4 Å². The molecule has 0 spiro atoms. The quantitative estimate of drug-likeness (QED) is 0.0231. The first kappa shape index (κ1) is 55.7. The number of carbonyl (C=O) groups is 3. The average Bonchev–Trinajstić information content (AvgIpc) is 3.20. The van der Waals surface area contributed by atoms with Gasteiger partial charge in [0.05, 0.1) is 13.2 Å². The van der Waals surface area contributed by atoms with E-state index in [2.05, 4.69) is 54.8 Å². The van der Waals surface area contributed by atoms with E-state index in [1.54, 1.807) is 0 Å². The number of rotatable bonds is 43. The van der Waals surface area contributed by atoms with Gasteiger partial charge in [-0.1, -0.05) is 159 Å². The van der Waals surface area contributed by atoms with Crippen molar-refractivity contribution in [3.63, 3.8) is 0 Å². The van der Waals surface area contributed by atoms with Gasteiger partial charge in [-0.05, 0) is 70.6 Å². The molecule has 58 heavy (non-hydrogen) atoms. The van der Waals surface area contributed by atoms with E-state index in [0.29, 0.717) is 12.8 Å². The van der Waals surface area contributed by atoms with Gasteiger partial charge in [-0.25, -0.2) is 4.57 Å². The van der Waals surface area contributed by atoms with E-state index in [9.17, 15) is 23.8 Å². The number of carboxylic acid groups (broad SMARTS) is 1. The number of nitrogens with two attached hydrogens (primary N) is 1. The summed E-state index contributed by atoms with van der Waals surface area (Å²) in [7, 11) is -4.72. The molecule has 4 N–H and O–H groups in total. The van der Waals surface area contributed by atoms with Crippen LogP contribution in [-0.2, 0) is 37.5 Å². The molecule has 0 rings (SSSR count). The molecule has 0 radical (unpaired) electrons. The normalized spacial score (nSPS) is 14.0. The van der Waals surface area contributed by atoms with Gasteiger partial charge in [0.15, 0.2) is 6.10 Å². The number of esters is 2. The summed E-state index contributed by atoms with van der Waals surface area (Å²) < 4.78 is 32.7. The largest absolute Gasteiger partial charge is 0.480 e. The lowest BCUT2D eigenvalue weighted by Gasteiger charge is -2.20. The lowest BCUT2D eigenvalue weighted by molar-refractivity contribution is -0.161. The Kier molecular flexibility index (Phi) is 39.8. The highest BCUT2D eigenvalue weighted by Gasteiger charge is 2.28. The monoisotopic (exact) mass is 842 g/mol. The van der Waals surface area contributed by atoms with Gasteiger partial charge in [-0.15, -0.1) is 0 Å². The number of carboxylic acids is 1. The zero-order chi connectivity index (χ0) is 42.8. The van der Waals surface area contributed by atoms with Crippen LogP contribution in [0.2, 0.25) is 0 Å². The maximum absolute atomic E-state index is 12.6. The first-order valence-electron chi connectivity index (χ1n) is 23.0. The summed E-state index contributed by atoms with van der Waals surface area (Å²) in [5.74, 6) is -2.39. The van der Waals surface area contributed by atoms with Gasteiger partial charge in [0, 0.05) is 12.8 Å². The molecule has 3 atom stereocenters. The molecule has 11 nitrogen and oxygen atoms in total. The Morgan fingerprint density at radius 1 is 0.534 bits per heavy atom. The highest BCUT2D eigenvalue weighted by Crippen LogP contribution is 2.43. The van der Waals surface area contributed by atoms with E-state index in [1.807, 2.05) is 0 Å². The lowest BCUT2D eigenvalue weighted by atomic mass is 10.1. The molecule has 0 saturated heterocycles. The van der Waals surface area contributed by atoms with Gasteiger partial charge in [0.2, 0.25) is 0 Å². The minimum atomic E-state index is -4.72. The van der Waals surface area contributed by atoms with E-state index in [4.69, 9.17) is 24.8 Å². The number of ether oxygens (including phenoxy) is 2. The molecule has 0 bridgehead atoms. The molecule has 0 aromatic carbocycles. The summed E-state index contributed by atoms with van der Waals surface area (Å²) in [6.07, 6.45) is 44.9. The zero-order valence-corrected chi connectivity index (χ0v) is 37.5. The number of hydrogen-bond donors (Lipinski definition) is 3. The molecule has 0 aliphatic carbocycles. The van der Waals surface area contributed by atoms with Crippen LogP contribution in [0.3, 0.4) is 0 Å². The SMILES string of the molecule is CCCCCC/C=C\CCCCCCCC(=O)OCC(COP(=O)(O)OCC(N)C(=O)O)OC(=O)CCCCCCCCCCC/C=C\C/C=C\CCCCCCC. The summed E-state index contributed by atoms with van der Waals surface area (Å²) in [6.45, 7) is 2.77. The number of carbonyl (C=O) groups excluding carboxylic acids is 2. The first-order valence-corrected chi connectivity index (χ1v) is 24.5. The third-order valence-corrected chi connectivity index (χ3v) is 10.8. The molecule has 3 unspecified atom stereocenters. The number of aliphatic carboxylic acids is 1. The van der Waals surface area contributed by atoms with Gasteiger partial charge >= 0.3 is 25.7 Å². The molecule has 12 heteroatoms. The second kappa shape index (κ2) is 41.4. The highest BCUT2D eigenvalue weighted by atomic mass is 31.2. The average molecular weight is 842 g/mol. The molecule has 0 amide bonds. The van der Waals surface area contributed by atoms with Crippen molar-refractivity contribution in [2.24, 2.45) is 5.73 Å². The van der Waals surface area contributed by atoms with Crippen LogP contribution in [0.4, 0.5) is 0 Å². The van der Waals surface area contributed by atoms with Crippen molar-refractivity contribution in [2.75, 3.05) is 19.8 Å². The number of unbranched alkanes of at least 4 members (excludes halogenated alkanes) is 23. The molecule has 0 aliphatic rings. The minimum Gasteiger partial charge on any atom is -0.480 e. The molecular weight excluding hydrogens is 757 g/mol. The summed E-state index contributed by atoms with van der Waals surface area (Å²) in [5.41, 5.74) is 5.34. The number of phosphoric acid groups is 1. The van der Waals surface area contributed by atoms with Crippen LogP contribution in [0.25, 0.3) is 0 Å². The molecule has 0 saturated carbocycles. The molecular formula is C46H84NO10P. The fraction of sp³-hybridized carbons (Fsp3) is 0.804. The first-order chi connectivity index (χ1) is 28.1. The second-order valence-corrected chi connectivity index (χ2v) is 17.0. The smallest absolute Gasteiger partial charge is 0.472 e. The molecule has 0 aliphatic heterocycles. The summed E-state index contributed by atoms with van der Waals surface area (Å²) in [6, 6.07) is -1.52. The Balaban J connectivity index is 4.31. The van der Waals surface area contributed by atoms with Crippen molar-refractivity contribution in [3.05, 3.63) is 36.5 Å². The van der Waals surface area contributed by atoms with Crippen molar-refractivity contribution in [2.45, 2.75) is 219 Å². The van der Waals surface area contributed by atoms with E-state index in [1.165, 1.54) is 96.3 Å². The zero-order valence-electron chi connectivity index (χ0n) is 36.6. The predicted octanol–water partition coefficient (Wildman–Crippen LogP) is 12.4. The Labute approximate surface area is 353 Å². The molecule has 0 aromatic rings. The van der Waals surface area contributed by atoms with Crippen molar-refractivity contribution < 1.29 is 47.5 Å². The van der Waals surface area contributed by atoms with Crippen molar-refractivity contribution in [1.29, 1.82) is 0 Å². The van der Waals surface area contributed by atoms with Crippen LogP contribution in [0.1, 0.15) is 206 Å². The van der Waals surface area contributed by atoms with Crippen LogP contribution in [-0.4, -0.2) is 59.9 Å². The molecule has 0 heterocycles. The fourth-order valence-electron chi connectivity index (χ4n) is 6.21. The van der Waals surface area contributed by atoms with Gasteiger partial charge in [-0.3, -0.25) is 23.4 Å². The van der Waals surface area contributed by atoms with Gasteiger partial charge in [-0.2, -0.15) is 0 Å². The number of allylic oxidation sites excluding steroid dienone is 6. The van der Waals surface area contributed by atoms with Crippen LogP contribution in [0, 0.1) is 0 Å². The molecule has 338 valence electrons. The third-order valence-electron chi connectivity index (χ3n) is 9.86. The summed E-state index contributed by atoms with van der Waals surface area (Å²) in [5, 5.41) is 8.89. The van der Waals surface area contributed by atoms with E-state index >= 15 is 0 Å². The Hall–Kier alpha value is -2.30. The van der Waals surface area contributed by atoms with Crippen LogP contribution < -0.4 is 5.73 Å². The Bertz CT molecular complexity index is 1130. The lowest BCUT2D eigenvalue weighted by Crippen LogP contribution is -2.34. The molecule has 0 fully saturated rings. The van der Waals surface area contributed by atoms with Gasteiger partial charge in [0.1, 0.15) is 12.6 Å². The molecule has 0 aromatic heterocycles. The van der Waals surface area contributed by atoms with Gasteiger partial charge in [0.25, 0.3) is 0 Å². The maximum atomic E-state index is 12.6. The third kappa shape index (κ3) is 40.5. The maximum Gasteiger partial charge on any atom is 0.472 e. The minimum absolute atomic E-state index is 0.155. The predicted molar refractivity (Wildman–Crippen MR) is 235 cm³/mol. The van der Waals surface area contributed by atoms with E-state index in [0.717, 1.165) is 70.6 Å². The highest BCUT2D eigenvalue weighted by molar-refractivity contribution is 7.47. The Morgan fingerprint density at radius 3 is 1.38 bits per heavy atom. The van der Waals surface area contributed by atoms with Gasteiger partial charge < -0.3 is 25.2 Å². The number of phosphoric ester groups is 1. The fourth-order valence-corrected chi connectivity index (χ4v) is 6.99. The number of hydrogen-bond acceptors (Lipinski definition) is 9. The van der Waals surface area contributed by atoms with Crippen LogP contribution in [0.15, 0.2) is 36.5 Å². The van der Waals surface area contributed by atoms with E-state index < -0.39 is 51.1 Å². The Morgan fingerprint density at radius 2 is 0.914 bits per heavy atom. The standard InChI is InChI=1S/C46H84NO10P/c1-3-5-7-9-11-13-15-17-18-19-20-21-22-23-24-26-28-30-32-34-36-38-45(49)57-42(40-55-58(52,53)56-41-43(47)46(50)51)39-54-44(48)37-35-33-31-29-27-25-16-14-12-10-8-6-4-2/h14-17,19-20,42-43H,3-13,18,21-41,47H2,1-2H3,(H,50,51)(H,52,53)/b16-14-,17-15-,20-19-. The van der Waals surface area contributed by atoms with Crippen LogP contribution >= 0.6 is 7.82 Å². The summed E-state index contributed by atoms with van der Waals surface area (Å²) >= 11 is 0. The second-order valence-electron chi connectivity index (χ2n) is 15.5. The topological polar surface area (TPSA) is 172 Å².